The molecule has 2 aromatic rings. The van der Waals surface area contributed by atoms with Crippen molar-refractivity contribution >= 4 is 18.2 Å². The van der Waals surface area contributed by atoms with Crippen molar-refractivity contribution in [1.29, 1.82) is 0 Å². The number of carbonyl (C=O) groups excluding carboxylic acids is 3. The molecule has 0 radical (unpaired) electrons. The van der Waals surface area contributed by atoms with Crippen molar-refractivity contribution in [3.05, 3.63) is 65.7 Å². The Morgan fingerprint density at radius 2 is 1.81 bits per heavy atom. The molecule has 0 unspecified atom stereocenters. The van der Waals surface area contributed by atoms with Crippen molar-refractivity contribution in [2.45, 2.75) is 0 Å². The fraction of sp³-hybridized carbons (Fsp3) is 0.0625. The van der Waals surface area contributed by atoms with E-state index in [1.165, 1.54) is 6.07 Å². The van der Waals surface area contributed by atoms with Crippen molar-refractivity contribution in [1.82, 2.24) is 5.32 Å². The highest BCUT2D eigenvalue weighted by molar-refractivity contribution is 5.96. The second kappa shape index (κ2) is 7.00. The Morgan fingerprint density at radius 3 is 2.52 bits per heavy atom. The van der Waals surface area contributed by atoms with Gasteiger partial charge in [-0.25, -0.2) is 4.79 Å². The second-order valence-electron chi connectivity index (χ2n) is 4.21. The molecule has 0 aromatic heterocycles. The van der Waals surface area contributed by atoms with Gasteiger partial charge in [-0.15, -0.1) is 0 Å². The monoisotopic (exact) mass is 283 g/mol. The predicted molar refractivity (Wildman–Crippen MR) is 76.2 cm³/mol. The number of esters is 1. The molecule has 0 aliphatic heterocycles. The summed E-state index contributed by atoms with van der Waals surface area (Å²) in [6.07, 6.45) is 0.661. The van der Waals surface area contributed by atoms with Crippen LogP contribution in [0, 0.1) is 0 Å². The van der Waals surface area contributed by atoms with Gasteiger partial charge in [0.2, 0.25) is 0 Å². The van der Waals surface area contributed by atoms with Gasteiger partial charge in [-0.05, 0) is 24.3 Å². The van der Waals surface area contributed by atoms with E-state index in [1.807, 2.05) is 0 Å². The maximum absolute atomic E-state index is 11.7. The van der Waals surface area contributed by atoms with Gasteiger partial charge in [-0.1, -0.05) is 30.3 Å². The van der Waals surface area contributed by atoms with Crippen molar-refractivity contribution < 1.29 is 19.1 Å². The summed E-state index contributed by atoms with van der Waals surface area (Å²) in [5, 5.41) is 2.46. The highest BCUT2D eigenvalue weighted by atomic mass is 16.5. The van der Waals surface area contributed by atoms with Gasteiger partial charge in [0.1, 0.15) is 18.6 Å². The molecule has 2 rings (SSSR count). The standard InChI is InChI=1S/C16H13NO4/c18-11-12-5-4-8-14(9-12)21-15(19)10-17-16(20)13-6-2-1-3-7-13/h1-9,11H,10H2,(H,17,20). The number of rotatable bonds is 5. The summed E-state index contributed by atoms with van der Waals surface area (Å²) < 4.78 is 5.03. The third kappa shape index (κ3) is 4.28. The summed E-state index contributed by atoms with van der Waals surface area (Å²) in [6, 6.07) is 14.8. The second-order valence-corrected chi connectivity index (χ2v) is 4.21. The Morgan fingerprint density at radius 1 is 1.05 bits per heavy atom. The maximum atomic E-state index is 11.7. The molecule has 0 atom stereocenters. The number of amides is 1. The van der Waals surface area contributed by atoms with Crippen LogP contribution < -0.4 is 10.1 Å². The molecule has 0 spiro atoms. The van der Waals surface area contributed by atoms with E-state index < -0.39 is 5.97 Å². The van der Waals surface area contributed by atoms with Crippen molar-refractivity contribution in [2.75, 3.05) is 6.54 Å². The van der Waals surface area contributed by atoms with Gasteiger partial charge in [-0.3, -0.25) is 9.59 Å². The molecule has 106 valence electrons. The fourth-order valence-electron chi connectivity index (χ4n) is 1.66. The Balaban J connectivity index is 1.87. The molecule has 0 bridgehead atoms. The first-order valence-electron chi connectivity index (χ1n) is 6.28. The van der Waals surface area contributed by atoms with Gasteiger partial charge in [0.15, 0.2) is 0 Å². The minimum absolute atomic E-state index is 0.251. The lowest BCUT2D eigenvalue weighted by Gasteiger charge is -2.06. The summed E-state index contributed by atoms with van der Waals surface area (Å²) in [4.78, 5) is 34.0. The van der Waals surface area contributed by atoms with Gasteiger partial charge in [0.25, 0.3) is 5.91 Å². The topological polar surface area (TPSA) is 72.5 Å². The molecule has 0 aliphatic rings. The Hall–Kier alpha value is -2.95. The molecule has 5 heteroatoms. The van der Waals surface area contributed by atoms with Crippen LogP contribution in [0.5, 0.6) is 5.75 Å². The van der Waals surface area contributed by atoms with Crippen LogP contribution in [0.1, 0.15) is 20.7 Å². The average molecular weight is 283 g/mol. The van der Waals surface area contributed by atoms with Crippen LogP contribution in [0.4, 0.5) is 0 Å². The minimum Gasteiger partial charge on any atom is -0.425 e. The van der Waals surface area contributed by atoms with Crippen LogP contribution in [0.2, 0.25) is 0 Å². The van der Waals surface area contributed by atoms with E-state index in [2.05, 4.69) is 5.32 Å². The van der Waals surface area contributed by atoms with Crippen LogP contribution in [-0.2, 0) is 4.79 Å². The molecule has 0 saturated carbocycles. The summed E-state index contributed by atoms with van der Waals surface area (Å²) in [6.45, 7) is -0.251. The van der Waals surface area contributed by atoms with E-state index in [0.717, 1.165) is 0 Å². The zero-order valence-electron chi connectivity index (χ0n) is 11.1. The average Bonchev–Trinajstić information content (AvgIpc) is 2.53. The lowest BCUT2D eigenvalue weighted by atomic mass is 10.2. The molecule has 21 heavy (non-hydrogen) atoms. The molecule has 1 amide bonds. The lowest BCUT2D eigenvalue weighted by Crippen LogP contribution is -2.31. The number of hydrogen-bond donors (Lipinski definition) is 1. The van der Waals surface area contributed by atoms with Gasteiger partial charge >= 0.3 is 5.97 Å². The van der Waals surface area contributed by atoms with Gasteiger partial charge in [-0.2, -0.15) is 0 Å². The lowest BCUT2D eigenvalue weighted by molar-refractivity contribution is -0.133. The summed E-state index contributed by atoms with van der Waals surface area (Å²) >= 11 is 0. The third-order valence-corrected chi connectivity index (χ3v) is 2.66. The van der Waals surface area contributed by atoms with Gasteiger partial charge in [0, 0.05) is 11.1 Å². The summed E-state index contributed by atoms with van der Waals surface area (Å²) in [5.74, 6) is -0.699. The van der Waals surface area contributed by atoms with E-state index in [-0.39, 0.29) is 18.2 Å². The Kier molecular flexibility index (Phi) is 4.82. The number of hydrogen-bond acceptors (Lipinski definition) is 4. The highest BCUT2D eigenvalue weighted by Crippen LogP contribution is 2.11. The van der Waals surface area contributed by atoms with E-state index in [9.17, 15) is 14.4 Å². The maximum Gasteiger partial charge on any atom is 0.330 e. The van der Waals surface area contributed by atoms with E-state index in [0.29, 0.717) is 17.4 Å². The van der Waals surface area contributed by atoms with Crippen LogP contribution in [0.15, 0.2) is 54.6 Å². The van der Waals surface area contributed by atoms with Crippen LogP contribution in [-0.4, -0.2) is 24.7 Å². The molecular weight excluding hydrogens is 270 g/mol. The van der Waals surface area contributed by atoms with Crippen LogP contribution in [0.25, 0.3) is 0 Å². The van der Waals surface area contributed by atoms with Gasteiger partial charge in [0.05, 0.1) is 0 Å². The molecular formula is C16H13NO4. The number of carbonyl (C=O) groups is 3. The fourth-order valence-corrected chi connectivity index (χ4v) is 1.66. The SMILES string of the molecule is O=Cc1cccc(OC(=O)CNC(=O)c2ccccc2)c1. The number of aldehydes is 1. The van der Waals surface area contributed by atoms with Crippen molar-refractivity contribution in [3.63, 3.8) is 0 Å². The third-order valence-electron chi connectivity index (χ3n) is 2.66. The zero-order chi connectivity index (χ0) is 15.1. The number of nitrogens with one attached hydrogen (secondary N) is 1. The van der Waals surface area contributed by atoms with E-state index >= 15 is 0 Å². The normalized spacial score (nSPS) is 9.71. The van der Waals surface area contributed by atoms with Crippen molar-refractivity contribution in [3.8, 4) is 5.75 Å². The molecule has 0 heterocycles. The first-order valence-corrected chi connectivity index (χ1v) is 6.28. The molecule has 5 nitrogen and oxygen atoms in total. The van der Waals surface area contributed by atoms with Crippen LogP contribution >= 0.6 is 0 Å². The Bertz CT molecular complexity index is 652. The first kappa shape index (κ1) is 14.5. The van der Waals surface area contributed by atoms with E-state index in [1.54, 1.807) is 48.5 Å². The molecule has 0 saturated heterocycles. The summed E-state index contributed by atoms with van der Waals surface area (Å²) in [7, 11) is 0. The predicted octanol–water partition coefficient (Wildman–Crippen LogP) is 1.83. The number of ether oxygens (including phenoxy) is 1. The molecule has 1 N–H and O–H groups in total. The van der Waals surface area contributed by atoms with Crippen molar-refractivity contribution in [2.24, 2.45) is 0 Å². The number of benzene rings is 2. The zero-order valence-corrected chi connectivity index (χ0v) is 11.1. The molecule has 0 fully saturated rings. The smallest absolute Gasteiger partial charge is 0.330 e. The minimum atomic E-state index is -0.609. The molecule has 2 aromatic carbocycles. The highest BCUT2D eigenvalue weighted by Gasteiger charge is 2.09. The van der Waals surface area contributed by atoms with Crippen LogP contribution in [0.3, 0.4) is 0 Å². The quantitative estimate of drug-likeness (QED) is 0.516. The largest absolute Gasteiger partial charge is 0.425 e. The van der Waals surface area contributed by atoms with E-state index in [4.69, 9.17) is 4.74 Å². The molecule has 0 aliphatic carbocycles. The summed E-state index contributed by atoms with van der Waals surface area (Å²) in [5.41, 5.74) is 0.877. The van der Waals surface area contributed by atoms with Gasteiger partial charge < -0.3 is 10.1 Å². The first-order chi connectivity index (χ1) is 10.2. The Labute approximate surface area is 121 Å².